The lowest BCUT2D eigenvalue weighted by Gasteiger charge is -2.12. The third-order valence-electron chi connectivity index (χ3n) is 5.81. The lowest BCUT2D eigenvalue weighted by atomic mass is 9.97. The Kier molecular flexibility index (Phi) is 16.8. The van der Waals surface area contributed by atoms with E-state index in [2.05, 4.69) is 13.8 Å². The van der Waals surface area contributed by atoms with E-state index in [0.29, 0.717) is 63.6 Å². The van der Waals surface area contributed by atoms with Gasteiger partial charge in [0, 0.05) is 37.5 Å². The van der Waals surface area contributed by atoms with Crippen molar-refractivity contribution in [3.05, 3.63) is 0 Å². The second-order valence-electron chi connectivity index (χ2n) is 9.76. The van der Waals surface area contributed by atoms with Gasteiger partial charge in [-0.2, -0.15) is 0 Å². The molecule has 0 aliphatic rings. The van der Waals surface area contributed by atoms with Crippen LogP contribution in [0.2, 0.25) is 0 Å². The molecule has 0 aromatic rings. The minimum atomic E-state index is -0.242. The highest BCUT2D eigenvalue weighted by atomic mass is 16.5. The quantitative estimate of drug-likeness (QED) is 0.184. The van der Waals surface area contributed by atoms with Crippen LogP contribution in [0.15, 0.2) is 0 Å². The first kappa shape index (κ1) is 30.3. The highest BCUT2D eigenvalue weighted by molar-refractivity contribution is 5.80. The summed E-state index contributed by atoms with van der Waals surface area (Å²) in [7, 11) is 0. The van der Waals surface area contributed by atoms with Crippen LogP contribution < -0.4 is 0 Å². The van der Waals surface area contributed by atoms with Crippen LogP contribution in [-0.2, 0) is 28.7 Å². The first-order valence-electron chi connectivity index (χ1n) is 12.4. The topological polar surface area (TPSA) is 86.7 Å². The zero-order valence-electron chi connectivity index (χ0n) is 21.2. The molecule has 0 amide bonds. The van der Waals surface area contributed by atoms with E-state index < -0.39 is 0 Å². The zero-order valence-corrected chi connectivity index (χ0v) is 21.2. The van der Waals surface area contributed by atoms with Crippen LogP contribution in [0.5, 0.6) is 0 Å². The average Bonchev–Trinajstić information content (AvgIpc) is 2.73. The summed E-state index contributed by atoms with van der Waals surface area (Å²) in [5.41, 5.74) is 0. The Balaban J connectivity index is 3.69. The Morgan fingerprint density at radius 3 is 1.19 bits per heavy atom. The molecule has 186 valence electrons. The van der Waals surface area contributed by atoms with Crippen LogP contribution in [0.25, 0.3) is 0 Å². The maximum atomic E-state index is 11.8. The number of ether oxygens (including phenoxy) is 2. The van der Waals surface area contributed by atoms with Gasteiger partial charge in [0.1, 0.15) is 11.6 Å². The number of hydrogen-bond acceptors (Lipinski definition) is 6. The molecule has 0 aromatic carbocycles. The Morgan fingerprint density at radius 2 is 0.875 bits per heavy atom. The fourth-order valence-corrected chi connectivity index (χ4v) is 3.07. The van der Waals surface area contributed by atoms with Crippen molar-refractivity contribution < 1.29 is 28.7 Å². The van der Waals surface area contributed by atoms with Gasteiger partial charge in [0.05, 0.1) is 13.2 Å². The summed E-state index contributed by atoms with van der Waals surface area (Å²) >= 11 is 0. The van der Waals surface area contributed by atoms with Crippen LogP contribution in [0.3, 0.4) is 0 Å². The van der Waals surface area contributed by atoms with Crippen molar-refractivity contribution >= 4 is 23.5 Å². The summed E-state index contributed by atoms with van der Waals surface area (Å²) in [6.07, 6.45) is 6.13. The molecule has 0 saturated heterocycles. The molecule has 0 aromatic heterocycles. The molecule has 0 heterocycles. The summed E-state index contributed by atoms with van der Waals surface area (Å²) in [6, 6.07) is 0. The van der Waals surface area contributed by atoms with Crippen LogP contribution in [0, 0.1) is 23.7 Å². The van der Waals surface area contributed by atoms with Crippen molar-refractivity contribution in [3.63, 3.8) is 0 Å². The molecule has 2 atom stereocenters. The highest BCUT2D eigenvalue weighted by Crippen LogP contribution is 2.15. The summed E-state index contributed by atoms with van der Waals surface area (Å²) in [4.78, 5) is 46.9. The molecular weight excluding hydrogens is 408 g/mol. The maximum absolute atomic E-state index is 11.8. The van der Waals surface area contributed by atoms with Gasteiger partial charge in [0.2, 0.25) is 0 Å². The third kappa shape index (κ3) is 16.9. The van der Waals surface area contributed by atoms with E-state index in [-0.39, 0.29) is 35.3 Å². The number of ketones is 2. The van der Waals surface area contributed by atoms with Gasteiger partial charge < -0.3 is 9.47 Å². The predicted molar refractivity (Wildman–Crippen MR) is 126 cm³/mol. The van der Waals surface area contributed by atoms with Crippen molar-refractivity contribution in [2.24, 2.45) is 23.7 Å². The summed E-state index contributed by atoms with van der Waals surface area (Å²) in [5, 5.41) is 0. The number of esters is 2. The van der Waals surface area contributed by atoms with Crippen molar-refractivity contribution in [1.82, 2.24) is 0 Å². The minimum Gasteiger partial charge on any atom is -0.466 e. The Bertz CT molecular complexity index is 517. The number of rotatable bonds is 19. The molecule has 0 aliphatic heterocycles. The monoisotopic (exact) mass is 454 g/mol. The van der Waals surface area contributed by atoms with E-state index in [9.17, 15) is 19.2 Å². The van der Waals surface area contributed by atoms with Crippen LogP contribution >= 0.6 is 0 Å². The first-order chi connectivity index (χ1) is 15.0. The fourth-order valence-electron chi connectivity index (χ4n) is 3.07. The van der Waals surface area contributed by atoms with Gasteiger partial charge in [-0.15, -0.1) is 0 Å². The molecule has 0 aliphatic carbocycles. The number of carbonyl (C=O) groups excluding carboxylic acids is 4. The van der Waals surface area contributed by atoms with Gasteiger partial charge in [0.15, 0.2) is 0 Å². The standard InChI is InChI=1S/C26H46O6/c1-19(2)23(27)13-11-21(5)15-17-31-25(29)9-7-8-10-26(30)32-18-16-22(6)12-14-24(28)20(3)4/h19-22H,7-18H2,1-6H3/t21-,22-/m1/s1. The third-order valence-corrected chi connectivity index (χ3v) is 5.81. The van der Waals surface area contributed by atoms with Crippen molar-refractivity contribution in [3.8, 4) is 0 Å². The normalized spacial score (nSPS) is 13.1. The molecule has 0 saturated carbocycles. The lowest BCUT2D eigenvalue weighted by Crippen LogP contribution is -2.12. The van der Waals surface area contributed by atoms with Gasteiger partial charge in [-0.1, -0.05) is 41.5 Å². The Labute approximate surface area is 195 Å². The van der Waals surface area contributed by atoms with Gasteiger partial charge in [-0.3, -0.25) is 19.2 Å². The van der Waals surface area contributed by atoms with E-state index in [1.807, 2.05) is 27.7 Å². The molecule has 0 N–H and O–H groups in total. The van der Waals surface area contributed by atoms with Crippen molar-refractivity contribution in [2.75, 3.05) is 13.2 Å². The van der Waals surface area contributed by atoms with Crippen LogP contribution in [0.4, 0.5) is 0 Å². The number of hydrogen-bond donors (Lipinski definition) is 0. The van der Waals surface area contributed by atoms with Crippen molar-refractivity contribution in [2.45, 2.75) is 106 Å². The van der Waals surface area contributed by atoms with Gasteiger partial charge in [0.25, 0.3) is 0 Å². The molecular formula is C26H46O6. The number of Topliss-reactive ketones (excluding diaryl/α,β-unsaturated/α-hetero) is 2. The van der Waals surface area contributed by atoms with Crippen LogP contribution in [0.1, 0.15) is 106 Å². The van der Waals surface area contributed by atoms with E-state index in [1.54, 1.807) is 0 Å². The molecule has 0 bridgehead atoms. The molecule has 0 fully saturated rings. The lowest BCUT2D eigenvalue weighted by molar-refractivity contribution is -0.146. The number of unbranched alkanes of at least 4 members (excludes halogenated alkanes) is 1. The van der Waals surface area contributed by atoms with Crippen LogP contribution in [-0.4, -0.2) is 36.7 Å². The van der Waals surface area contributed by atoms with E-state index in [0.717, 1.165) is 25.7 Å². The summed E-state index contributed by atoms with van der Waals surface area (Å²) in [6.45, 7) is 12.5. The SMILES string of the molecule is CC(C)C(=O)CC[C@@H](C)CCOC(=O)CCCCC(=O)OCC[C@H](C)CCC(=O)C(C)C. The van der Waals surface area contributed by atoms with Crippen molar-refractivity contribution in [1.29, 1.82) is 0 Å². The molecule has 6 nitrogen and oxygen atoms in total. The molecule has 0 spiro atoms. The Hall–Kier alpha value is -1.72. The fraction of sp³-hybridized carbons (Fsp3) is 0.846. The molecule has 32 heavy (non-hydrogen) atoms. The first-order valence-corrected chi connectivity index (χ1v) is 12.4. The molecule has 0 unspecified atom stereocenters. The van der Waals surface area contributed by atoms with Gasteiger partial charge >= 0.3 is 11.9 Å². The maximum Gasteiger partial charge on any atom is 0.305 e. The molecule has 6 heteroatoms. The molecule has 0 radical (unpaired) electrons. The second kappa shape index (κ2) is 17.8. The van der Waals surface area contributed by atoms with E-state index >= 15 is 0 Å². The highest BCUT2D eigenvalue weighted by Gasteiger charge is 2.13. The zero-order chi connectivity index (χ0) is 24.5. The second-order valence-corrected chi connectivity index (χ2v) is 9.76. The van der Waals surface area contributed by atoms with E-state index in [1.165, 1.54) is 0 Å². The molecule has 0 rings (SSSR count). The van der Waals surface area contributed by atoms with Gasteiger partial charge in [-0.25, -0.2) is 0 Å². The summed E-state index contributed by atoms with van der Waals surface area (Å²) in [5.74, 6) is 0.916. The average molecular weight is 455 g/mol. The van der Waals surface area contributed by atoms with Gasteiger partial charge in [-0.05, 0) is 50.4 Å². The summed E-state index contributed by atoms with van der Waals surface area (Å²) < 4.78 is 10.5. The predicted octanol–water partition coefficient (Wildman–Crippen LogP) is 5.70. The Morgan fingerprint density at radius 1 is 0.531 bits per heavy atom. The minimum absolute atomic E-state index is 0.0763. The smallest absolute Gasteiger partial charge is 0.305 e. The van der Waals surface area contributed by atoms with E-state index in [4.69, 9.17) is 9.47 Å². The number of carbonyl (C=O) groups is 4. The largest absolute Gasteiger partial charge is 0.466 e.